The molecule has 0 bridgehead atoms. The molecule has 1 fully saturated rings. The van der Waals surface area contributed by atoms with Crippen molar-refractivity contribution in [2.45, 2.75) is 18.9 Å². The van der Waals surface area contributed by atoms with Crippen LogP contribution in [-0.2, 0) is 11.8 Å². The summed E-state index contributed by atoms with van der Waals surface area (Å²) in [6.45, 7) is 0.895. The van der Waals surface area contributed by atoms with Crippen molar-refractivity contribution in [1.82, 2.24) is 9.78 Å². The zero-order valence-corrected chi connectivity index (χ0v) is 13.6. The summed E-state index contributed by atoms with van der Waals surface area (Å²) < 4.78 is 20.3. The summed E-state index contributed by atoms with van der Waals surface area (Å²) in [7, 11) is 1.70. The molecule has 0 unspecified atom stereocenters. The van der Waals surface area contributed by atoms with Crippen LogP contribution in [0.3, 0.4) is 0 Å². The van der Waals surface area contributed by atoms with E-state index in [-0.39, 0.29) is 5.69 Å². The van der Waals surface area contributed by atoms with E-state index in [4.69, 9.17) is 4.74 Å². The van der Waals surface area contributed by atoms with Crippen LogP contribution in [0.15, 0.2) is 30.6 Å². The van der Waals surface area contributed by atoms with Crippen molar-refractivity contribution >= 4 is 17.3 Å². The Morgan fingerprint density at radius 3 is 2.96 bits per heavy atom. The Kier molecular flexibility index (Phi) is 4.64. The van der Waals surface area contributed by atoms with Crippen molar-refractivity contribution in [3.8, 4) is 0 Å². The molecular formula is C16H17FN4O4. The summed E-state index contributed by atoms with van der Waals surface area (Å²) in [5.74, 6) is -1.14. The number of ether oxygens (including phenoxy) is 1. The van der Waals surface area contributed by atoms with Gasteiger partial charge in [0.05, 0.1) is 29.3 Å². The van der Waals surface area contributed by atoms with Crippen LogP contribution in [0.25, 0.3) is 0 Å². The molecule has 1 saturated heterocycles. The first-order chi connectivity index (χ1) is 11.9. The summed E-state index contributed by atoms with van der Waals surface area (Å²) in [6, 6.07) is 3.48. The zero-order valence-electron chi connectivity index (χ0n) is 13.6. The van der Waals surface area contributed by atoms with Gasteiger partial charge in [0.25, 0.3) is 5.69 Å². The van der Waals surface area contributed by atoms with Crippen LogP contribution in [0, 0.1) is 15.9 Å². The Labute approximate surface area is 142 Å². The van der Waals surface area contributed by atoms with Gasteiger partial charge in [-0.15, -0.1) is 0 Å². The van der Waals surface area contributed by atoms with Gasteiger partial charge in [0.1, 0.15) is 17.6 Å². The van der Waals surface area contributed by atoms with Crippen LogP contribution in [0.2, 0.25) is 0 Å². The van der Waals surface area contributed by atoms with Crippen LogP contribution in [-0.4, -0.2) is 39.9 Å². The van der Waals surface area contributed by atoms with Crippen molar-refractivity contribution in [2.75, 3.05) is 18.0 Å². The van der Waals surface area contributed by atoms with E-state index in [2.05, 4.69) is 5.10 Å². The van der Waals surface area contributed by atoms with Gasteiger partial charge in [-0.05, 0) is 25.0 Å². The van der Waals surface area contributed by atoms with Gasteiger partial charge < -0.3 is 9.64 Å². The quantitative estimate of drug-likeness (QED) is 0.478. The lowest BCUT2D eigenvalue weighted by Gasteiger charge is -2.33. The van der Waals surface area contributed by atoms with E-state index in [1.165, 1.54) is 23.0 Å². The molecule has 1 aromatic carbocycles. The van der Waals surface area contributed by atoms with E-state index in [1.807, 2.05) is 0 Å². The molecule has 0 spiro atoms. The van der Waals surface area contributed by atoms with Gasteiger partial charge in [0.2, 0.25) is 0 Å². The molecule has 132 valence electrons. The molecule has 8 nitrogen and oxygen atoms in total. The first-order valence-electron chi connectivity index (χ1n) is 7.82. The van der Waals surface area contributed by atoms with Crippen LogP contribution in [0.1, 0.15) is 23.2 Å². The predicted molar refractivity (Wildman–Crippen MR) is 86.9 cm³/mol. The molecule has 1 aromatic heterocycles. The molecule has 0 N–H and O–H groups in total. The van der Waals surface area contributed by atoms with E-state index >= 15 is 0 Å². The number of nitro benzene ring substituents is 1. The number of hydrogen-bond acceptors (Lipinski definition) is 6. The van der Waals surface area contributed by atoms with Gasteiger partial charge in [-0.3, -0.25) is 14.8 Å². The lowest BCUT2D eigenvalue weighted by Crippen LogP contribution is -2.40. The number of anilines is 1. The largest absolute Gasteiger partial charge is 0.457 e. The third-order valence-corrected chi connectivity index (χ3v) is 4.07. The van der Waals surface area contributed by atoms with Crippen molar-refractivity contribution in [2.24, 2.45) is 7.05 Å². The number of hydrogen-bond donors (Lipinski definition) is 0. The molecule has 0 aliphatic carbocycles. The number of aromatic nitrogens is 2. The van der Waals surface area contributed by atoms with Crippen LogP contribution < -0.4 is 4.90 Å². The molecule has 0 saturated carbocycles. The molecular weight excluding hydrogens is 331 g/mol. The van der Waals surface area contributed by atoms with Gasteiger partial charge >= 0.3 is 5.97 Å². The Bertz CT molecular complexity index is 807. The minimum absolute atomic E-state index is 0.292. The van der Waals surface area contributed by atoms with E-state index < -0.39 is 22.8 Å². The number of aryl methyl sites for hydroxylation is 1. The Morgan fingerprint density at radius 1 is 1.48 bits per heavy atom. The van der Waals surface area contributed by atoms with Crippen LogP contribution >= 0.6 is 0 Å². The summed E-state index contributed by atoms with van der Waals surface area (Å²) in [5, 5.41) is 15.1. The first kappa shape index (κ1) is 16.9. The molecule has 2 aromatic rings. The van der Waals surface area contributed by atoms with Gasteiger partial charge in [-0.1, -0.05) is 0 Å². The highest BCUT2D eigenvalue weighted by molar-refractivity contribution is 5.88. The SMILES string of the molecule is Cn1cc(C(=O)O[C@H]2CCCN(c3ccc(F)cc3[N+](=O)[O-])C2)cn1. The molecule has 2 heterocycles. The van der Waals surface area contributed by atoms with E-state index in [0.29, 0.717) is 37.2 Å². The fourth-order valence-corrected chi connectivity index (χ4v) is 2.91. The fraction of sp³-hybridized carbons (Fsp3) is 0.375. The Hall–Kier alpha value is -2.97. The highest BCUT2D eigenvalue weighted by Gasteiger charge is 2.28. The standard InChI is InChI=1S/C16H17FN4O4/c1-19-9-11(8-18-19)16(22)25-13-3-2-6-20(10-13)14-5-4-12(17)7-15(14)21(23)24/h4-5,7-9,13H,2-3,6,10H2,1H3/t13-/m0/s1. The number of nitro groups is 1. The second kappa shape index (κ2) is 6.88. The summed E-state index contributed by atoms with van der Waals surface area (Å²) in [4.78, 5) is 24.5. The lowest BCUT2D eigenvalue weighted by atomic mass is 10.1. The molecule has 1 aliphatic rings. The number of benzene rings is 1. The predicted octanol–water partition coefficient (Wildman–Crippen LogP) is 2.29. The second-order valence-electron chi connectivity index (χ2n) is 5.91. The molecule has 1 aliphatic heterocycles. The summed E-state index contributed by atoms with van der Waals surface area (Å²) >= 11 is 0. The zero-order chi connectivity index (χ0) is 18.0. The Morgan fingerprint density at radius 2 is 2.28 bits per heavy atom. The van der Waals surface area contributed by atoms with Gasteiger partial charge in [0, 0.05) is 19.8 Å². The third kappa shape index (κ3) is 3.76. The number of esters is 1. The number of piperidine rings is 1. The topological polar surface area (TPSA) is 90.5 Å². The number of rotatable bonds is 4. The molecule has 0 radical (unpaired) electrons. The molecule has 9 heteroatoms. The highest BCUT2D eigenvalue weighted by atomic mass is 19.1. The molecule has 1 atom stereocenters. The van der Waals surface area contributed by atoms with Crippen molar-refractivity contribution in [1.29, 1.82) is 0 Å². The molecule has 0 amide bonds. The van der Waals surface area contributed by atoms with E-state index in [1.54, 1.807) is 18.1 Å². The van der Waals surface area contributed by atoms with Gasteiger partial charge in [-0.25, -0.2) is 9.18 Å². The minimum Gasteiger partial charge on any atom is -0.457 e. The average Bonchev–Trinajstić information content (AvgIpc) is 3.01. The number of halogens is 1. The van der Waals surface area contributed by atoms with E-state index in [9.17, 15) is 19.3 Å². The maximum Gasteiger partial charge on any atom is 0.341 e. The maximum atomic E-state index is 13.3. The monoisotopic (exact) mass is 348 g/mol. The normalized spacial score (nSPS) is 17.4. The minimum atomic E-state index is -0.660. The third-order valence-electron chi connectivity index (χ3n) is 4.07. The van der Waals surface area contributed by atoms with Gasteiger partial charge in [0.15, 0.2) is 0 Å². The summed E-state index contributed by atoms with van der Waals surface area (Å²) in [6.07, 6.45) is 3.96. The van der Waals surface area contributed by atoms with Crippen LogP contribution in [0.5, 0.6) is 0 Å². The number of carbonyl (C=O) groups excluding carboxylic acids is 1. The van der Waals surface area contributed by atoms with Crippen molar-refractivity contribution in [3.05, 3.63) is 52.1 Å². The number of nitrogens with zero attached hydrogens (tertiary/aromatic N) is 4. The highest BCUT2D eigenvalue weighted by Crippen LogP contribution is 2.31. The van der Waals surface area contributed by atoms with Gasteiger partial charge in [-0.2, -0.15) is 5.10 Å². The average molecular weight is 348 g/mol. The van der Waals surface area contributed by atoms with Crippen molar-refractivity contribution < 1.29 is 18.8 Å². The molecule has 3 rings (SSSR count). The number of carbonyl (C=O) groups is 1. The summed E-state index contributed by atoms with van der Waals surface area (Å²) in [5.41, 5.74) is 0.389. The van der Waals surface area contributed by atoms with Crippen molar-refractivity contribution in [3.63, 3.8) is 0 Å². The molecule has 25 heavy (non-hydrogen) atoms. The maximum absolute atomic E-state index is 13.3. The second-order valence-corrected chi connectivity index (χ2v) is 5.91. The first-order valence-corrected chi connectivity index (χ1v) is 7.82. The lowest BCUT2D eigenvalue weighted by molar-refractivity contribution is -0.384. The van der Waals surface area contributed by atoms with Crippen LogP contribution in [0.4, 0.5) is 15.8 Å². The fourth-order valence-electron chi connectivity index (χ4n) is 2.91. The Balaban J connectivity index is 1.73. The van der Waals surface area contributed by atoms with E-state index in [0.717, 1.165) is 6.07 Å². The smallest absolute Gasteiger partial charge is 0.341 e.